The van der Waals surface area contributed by atoms with Crippen molar-refractivity contribution < 1.29 is 17.9 Å². The molecule has 5 nitrogen and oxygen atoms in total. The molecule has 130 valence electrons. The molecular formula is C17H14ClNO4S2. The molecule has 1 aromatic heterocycles. The van der Waals surface area contributed by atoms with Crippen molar-refractivity contribution in [3.63, 3.8) is 0 Å². The lowest BCUT2D eigenvalue weighted by Gasteiger charge is -2.08. The van der Waals surface area contributed by atoms with Gasteiger partial charge in [0.05, 0.1) is 7.11 Å². The van der Waals surface area contributed by atoms with Crippen molar-refractivity contribution >= 4 is 49.0 Å². The number of hydrogen-bond acceptors (Lipinski definition) is 5. The number of esters is 1. The molecule has 25 heavy (non-hydrogen) atoms. The molecule has 0 atom stereocenters. The number of thiophene rings is 1. The van der Waals surface area contributed by atoms with E-state index >= 15 is 0 Å². The molecule has 0 amide bonds. The Morgan fingerprint density at radius 2 is 1.96 bits per heavy atom. The van der Waals surface area contributed by atoms with E-state index in [4.69, 9.17) is 16.3 Å². The first-order chi connectivity index (χ1) is 11.9. The quantitative estimate of drug-likeness (QED) is 0.666. The topological polar surface area (TPSA) is 72.5 Å². The summed E-state index contributed by atoms with van der Waals surface area (Å²) in [5.41, 5.74) is 0.718. The molecule has 0 saturated heterocycles. The second kappa shape index (κ2) is 7.13. The van der Waals surface area contributed by atoms with Crippen LogP contribution in [0, 0.1) is 0 Å². The molecule has 8 heteroatoms. The van der Waals surface area contributed by atoms with E-state index in [0.29, 0.717) is 15.1 Å². The van der Waals surface area contributed by atoms with Crippen molar-refractivity contribution in [2.24, 2.45) is 0 Å². The number of carbonyl (C=O) groups excluding carboxylic acids is 1. The Labute approximate surface area is 154 Å². The fourth-order valence-electron chi connectivity index (χ4n) is 2.41. The molecule has 1 heterocycles. The SMILES string of the molecule is COC(=O)c1sc2ccccc2c1S(=O)(=O)NCc1cccc(Cl)c1. The third-order valence-electron chi connectivity index (χ3n) is 3.54. The summed E-state index contributed by atoms with van der Waals surface area (Å²) in [6.45, 7) is 0.0632. The van der Waals surface area contributed by atoms with Gasteiger partial charge in [0.2, 0.25) is 10.0 Å². The molecule has 2 aromatic carbocycles. The van der Waals surface area contributed by atoms with Crippen molar-refractivity contribution in [3.05, 3.63) is 64.0 Å². The van der Waals surface area contributed by atoms with Gasteiger partial charge in [0.1, 0.15) is 9.77 Å². The predicted octanol–water partition coefficient (Wildman–Crippen LogP) is 3.82. The van der Waals surface area contributed by atoms with E-state index in [1.165, 1.54) is 7.11 Å². The molecule has 0 saturated carbocycles. The highest BCUT2D eigenvalue weighted by Gasteiger charge is 2.28. The van der Waals surface area contributed by atoms with E-state index in [2.05, 4.69) is 4.72 Å². The number of benzene rings is 2. The van der Waals surface area contributed by atoms with Gasteiger partial charge in [-0.05, 0) is 23.8 Å². The summed E-state index contributed by atoms with van der Waals surface area (Å²) in [5.74, 6) is -0.677. The first-order valence-electron chi connectivity index (χ1n) is 7.26. The van der Waals surface area contributed by atoms with E-state index < -0.39 is 16.0 Å². The minimum Gasteiger partial charge on any atom is -0.465 e. The zero-order valence-electron chi connectivity index (χ0n) is 13.2. The number of ether oxygens (including phenoxy) is 1. The molecule has 0 radical (unpaired) electrons. The summed E-state index contributed by atoms with van der Waals surface area (Å²) < 4.78 is 33.7. The maximum atomic E-state index is 12.9. The highest BCUT2D eigenvalue weighted by atomic mass is 35.5. The Hall–Kier alpha value is -1.93. The first kappa shape index (κ1) is 17.9. The van der Waals surface area contributed by atoms with Gasteiger partial charge in [-0.15, -0.1) is 11.3 Å². The van der Waals surface area contributed by atoms with Crippen LogP contribution in [-0.4, -0.2) is 21.5 Å². The number of methoxy groups -OCH3 is 1. The normalized spacial score (nSPS) is 11.6. The van der Waals surface area contributed by atoms with Crippen LogP contribution in [0.2, 0.25) is 5.02 Å². The van der Waals surface area contributed by atoms with E-state index in [-0.39, 0.29) is 16.3 Å². The smallest absolute Gasteiger partial charge is 0.349 e. The third-order valence-corrected chi connectivity index (χ3v) is 6.55. The second-order valence-electron chi connectivity index (χ2n) is 5.20. The maximum absolute atomic E-state index is 12.9. The summed E-state index contributed by atoms with van der Waals surface area (Å²) >= 11 is 7.01. The van der Waals surface area contributed by atoms with Gasteiger partial charge in [-0.1, -0.05) is 41.9 Å². The molecule has 0 aliphatic rings. The molecule has 0 aliphatic heterocycles. The highest BCUT2D eigenvalue weighted by Crippen LogP contribution is 2.35. The van der Waals surface area contributed by atoms with Crippen molar-refractivity contribution in [2.45, 2.75) is 11.4 Å². The summed E-state index contributed by atoms with van der Waals surface area (Å²) in [4.78, 5) is 12.1. The molecule has 1 N–H and O–H groups in total. The van der Waals surface area contributed by atoms with Crippen LogP contribution in [0.1, 0.15) is 15.2 Å². The minimum atomic E-state index is -3.92. The van der Waals surface area contributed by atoms with Crippen LogP contribution in [0.3, 0.4) is 0 Å². The number of sulfonamides is 1. The number of halogens is 1. The van der Waals surface area contributed by atoms with Crippen molar-refractivity contribution in [3.8, 4) is 0 Å². The Morgan fingerprint density at radius 3 is 2.68 bits per heavy atom. The van der Waals surface area contributed by atoms with Crippen LogP contribution in [0.5, 0.6) is 0 Å². The van der Waals surface area contributed by atoms with Crippen molar-refractivity contribution in [1.29, 1.82) is 0 Å². The van der Waals surface area contributed by atoms with Gasteiger partial charge in [-0.3, -0.25) is 0 Å². The number of carbonyl (C=O) groups is 1. The summed E-state index contributed by atoms with van der Waals surface area (Å²) in [7, 11) is -2.70. The Morgan fingerprint density at radius 1 is 1.20 bits per heavy atom. The van der Waals surface area contributed by atoms with Crippen molar-refractivity contribution in [2.75, 3.05) is 7.11 Å². The van der Waals surface area contributed by atoms with Gasteiger partial charge in [0.25, 0.3) is 0 Å². The molecule has 0 spiro atoms. The van der Waals surface area contributed by atoms with E-state index in [9.17, 15) is 13.2 Å². The predicted molar refractivity (Wildman–Crippen MR) is 98.6 cm³/mol. The molecule has 3 aromatic rings. The number of rotatable bonds is 5. The van der Waals surface area contributed by atoms with Gasteiger partial charge in [-0.25, -0.2) is 17.9 Å². The van der Waals surface area contributed by atoms with Crippen LogP contribution in [0.4, 0.5) is 0 Å². The van der Waals surface area contributed by atoms with Gasteiger partial charge in [0, 0.05) is 21.7 Å². The fourth-order valence-corrected chi connectivity index (χ4v) is 5.46. The van der Waals surface area contributed by atoms with E-state index in [0.717, 1.165) is 16.9 Å². The molecule has 0 fully saturated rings. The average Bonchev–Trinajstić information content (AvgIpc) is 3.00. The largest absolute Gasteiger partial charge is 0.465 e. The van der Waals surface area contributed by atoms with Gasteiger partial charge >= 0.3 is 5.97 Å². The van der Waals surface area contributed by atoms with Crippen LogP contribution in [0.15, 0.2) is 53.4 Å². The highest BCUT2D eigenvalue weighted by molar-refractivity contribution is 7.90. The van der Waals surface area contributed by atoms with E-state index in [1.807, 2.05) is 0 Å². The standard InChI is InChI=1S/C17H14ClNO4S2/c1-23-17(20)15-16(13-7-2-3-8-14(13)24-15)25(21,22)19-10-11-5-4-6-12(18)9-11/h2-9,19H,10H2,1H3. The maximum Gasteiger partial charge on any atom is 0.349 e. The molecule has 0 aliphatic carbocycles. The first-order valence-corrected chi connectivity index (χ1v) is 9.94. The molecule has 0 unspecified atom stereocenters. The monoisotopic (exact) mass is 395 g/mol. The number of hydrogen-bond donors (Lipinski definition) is 1. The zero-order valence-corrected chi connectivity index (χ0v) is 15.5. The summed E-state index contributed by atoms with van der Waals surface area (Å²) in [6, 6.07) is 13.8. The average molecular weight is 396 g/mol. The van der Waals surface area contributed by atoms with Crippen LogP contribution in [-0.2, 0) is 21.3 Å². The van der Waals surface area contributed by atoms with Gasteiger partial charge in [0.15, 0.2) is 0 Å². The Balaban J connectivity index is 2.02. The van der Waals surface area contributed by atoms with Crippen LogP contribution in [0.25, 0.3) is 10.1 Å². The van der Waals surface area contributed by atoms with E-state index in [1.54, 1.807) is 48.5 Å². The zero-order chi connectivity index (χ0) is 18.0. The molecule has 0 bridgehead atoms. The van der Waals surface area contributed by atoms with Gasteiger partial charge < -0.3 is 4.74 Å². The lowest BCUT2D eigenvalue weighted by molar-refractivity contribution is 0.0602. The summed E-state index contributed by atoms with van der Waals surface area (Å²) in [6.07, 6.45) is 0. The second-order valence-corrected chi connectivity index (χ2v) is 8.39. The van der Waals surface area contributed by atoms with Crippen LogP contribution >= 0.6 is 22.9 Å². The Kier molecular flexibility index (Phi) is 5.10. The summed E-state index contributed by atoms with van der Waals surface area (Å²) in [5, 5.41) is 1.01. The molecular weight excluding hydrogens is 382 g/mol. The third kappa shape index (κ3) is 3.69. The minimum absolute atomic E-state index is 0.0537. The fraction of sp³-hybridized carbons (Fsp3) is 0.118. The number of fused-ring (bicyclic) bond motifs is 1. The van der Waals surface area contributed by atoms with Crippen LogP contribution < -0.4 is 4.72 Å². The number of nitrogens with one attached hydrogen (secondary N) is 1. The van der Waals surface area contributed by atoms with Crippen molar-refractivity contribution in [1.82, 2.24) is 4.72 Å². The van der Waals surface area contributed by atoms with Gasteiger partial charge in [-0.2, -0.15) is 0 Å². The Bertz CT molecular complexity index is 1040. The lowest BCUT2D eigenvalue weighted by atomic mass is 10.2. The lowest BCUT2D eigenvalue weighted by Crippen LogP contribution is -2.24. The molecule has 3 rings (SSSR count).